The summed E-state index contributed by atoms with van der Waals surface area (Å²) in [4.78, 5) is 10.3. The number of nitrogens with zero attached hydrogens (tertiary/aromatic N) is 8. The van der Waals surface area contributed by atoms with E-state index in [9.17, 15) is 14.0 Å². The van der Waals surface area contributed by atoms with Gasteiger partial charge in [-0.2, -0.15) is 14.0 Å². The number of likely N-dealkylation sites (tertiary alicyclic amines) is 1. The van der Waals surface area contributed by atoms with Gasteiger partial charge in [0.25, 0.3) is 0 Å². The van der Waals surface area contributed by atoms with Crippen LogP contribution in [0.1, 0.15) is 56.8 Å². The van der Waals surface area contributed by atoms with Gasteiger partial charge >= 0.3 is 6.55 Å². The van der Waals surface area contributed by atoms with Crippen LogP contribution in [-0.4, -0.2) is 47.0 Å². The Balaban J connectivity index is 1.53. The maximum atomic E-state index is 13.8. The molecule has 0 spiro atoms. The zero-order valence-corrected chi connectivity index (χ0v) is 20.2. The largest absolute Gasteiger partial charge is 0.482 e. The molecule has 1 aliphatic rings. The van der Waals surface area contributed by atoms with Crippen LogP contribution in [0.5, 0.6) is 5.75 Å². The lowest BCUT2D eigenvalue weighted by Crippen LogP contribution is -2.38. The van der Waals surface area contributed by atoms with Crippen LogP contribution in [0.4, 0.5) is 8.78 Å². The zero-order chi connectivity index (χ0) is 25.4. The minimum Gasteiger partial charge on any atom is -0.482 e. The van der Waals surface area contributed by atoms with E-state index in [4.69, 9.17) is 4.74 Å². The van der Waals surface area contributed by atoms with Gasteiger partial charge in [0.05, 0.1) is 22.9 Å². The van der Waals surface area contributed by atoms with Crippen LogP contribution in [0, 0.1) is 18.4 Å². The van der Waals surface area contributed by atoms with E-state index >= 15 is 0 Å². The van der Waals surface area contributed by atoms with Gasteiger partial charge in [0.15, 0.2) is 6.19 Å². The Bertz CT molecular complexity index is 1410. The highest BCUT2D eigenvalue weighted by molar-refractivity contribution is 5.87. The Morgan fingerprint density at radius 2 is 2.06 bits per heavy atom. The van der Waals surface area contributed by atoms with Gasteiger partial charge in [0.1, 0.15) is 29.4 Å². The molecule has 3 atom stereocenters. The lowest BCUT2D eigenvalue weighted by atomic mass is 9.98. The minimum absolute atomic E-state index is 0.114. The predicted molar refractivity (Wildman–Crippen MR) is 128 cm³/mol. The molecule has 0 bridgehead atoms. The summed E-state index contributed by atoms with van der Waals surface area (Å²) in [7, 11) is 0. The molecule has 0 amide bonds. The fraction of sp³-hybridized carbons (Fsp3) is 0.400. The Kier molecular flexibility index (Phi) is 6.26. The van der Waals surface area contributed by atoms with Crippen molar-refractivity contribution in [3.63, 3.8) is 0 Å². The number of ether oxygens (including phenoxy) is 1. The van der Waals surface area contributed by atoms with Gasteiger partial charge in [-0.25, -0.2) is 9.67 Å². The zero-order valence-electron chi connectivity index (χ0n) is 20.2. The first-order chi connectivity index (χ1) is 17.4. The van der Waals surface area contributed by atoms with Crippen LogP contribution in [0.25, 0.3) is 22.3 Å². The number of alkyl halides is 2. The normalized spacial score (nSPS) is 19.0. The smallest absolute Gasteiger partial charge is 0.320 e. The fourth-order valence-corrected chi connectivity index (χ4v) is 4.85. The Morgan fingerprint density at radius 1 is 1.22 bits per heavy atom. The Labute approximate surface area is 206 Å². The van der Waals surface area contributed by atoms with Crippen molar-refractivity contribution < 1.29 is 13.5 Å². The maximum Gasteiger partial charge on any atom is 0.320 e. The SMILES string of the molecule is Cc1c(-c2cc(O[C@H](C)c3ccccn3)c3c(c2)ncn3C(F)F)nnn1[C@@H]1CCN(C#N)[C@@H](C)C1. The minimum atomic E-state index is -2.77. The molecule has 4 aromatic rings. The first-order valence-electron chi connectivity index (χ1n) is 11.8. The topological polar surface area (TPSA) is 97.7 Å². The molecular formula is C25H26F2N8O. The lowest BCUT2D eigenvalue weighted by molar-refractivity contribution is 0.0737. The summed E-state index contributed by atoms with van der Waals surface area (Å²) in [5, 5.41) is 18.1. The number of nitriles is 1. The van der Waals surface area contributed by atoms with E-state index in [2.05, 4.69) is 26.5 Å². The molecule has 3 aromatic heterocycles. The molecule has 11 heteroatoms. The number of imidazole rings is 1. The van der Waals surface area contributed by atoms with Crippen LogP contribution in [0.15, 0.2) is 42.9 Å². The summed E-state index contributed by atoms with van der Waals surface area (Å²) in [6.07, 6.45) is 6.11. The lowest BCUT2D eigenvalue weighted by Gasteiger charge is -2.34. The number of piperidine rings is 1. The molecule has 0 saturated carbocycles. The summed E-state index contributed by atoms with van der Waals surface area (Å²) in [5.41, 5.74) is 3.43. The molecule has 0 radical (unpaired) electrons. The highest BCUT2D eigenvalue weighted by Crippen LogP contribution is 2.37. The second kappa shape index (κ2) is 9.53. The van der Waals surface area contributed by atoms with Gasteiger partial charge in [-0.3, -0.25) is 9.55 Å². The van der Waals surface area contributed by atoms with Crippen molar-refractivity contribution in [3.8, 4) is 23.2 Å². The summed E-state index contributed by atoms with van der Waals surface area (Å²) < 4.78 is 36.4. The third kappa shape index (κ3) is 4.23. The number of hydrogen-bond acceptors (Lipinski definition) is 7. The molecule has 5 rings (SSSR count). The molecule has 186 valence electrons. The van der Waals surface area contributed by atoms with E-state index < -0.39 is 12.7 Å². The third-order valence-corrected chi connectivity index (χ3v) is 6.78. The fourth-order valence-electron chi connectivity index (χ4n) is 4.85. The molecule has 0 aliphatic carbocycles. The molecular weight excluding hydrogens is 466 g/mol. The number of aromatic nitrogens is 6. The third-order valence-electron chi connectivity index (χ3n) is 6.78. The Morgan fingerprint density at radius 3 is 2.75 bits per heavy atom. The van der Waals surface area contributed by atoms with Crippen LogP contribution < -0.4 is 4.74 Å². The highest BCUT2D eigenvalue weighted by Gasteiger charge is 2.29. The highest BCUT2D eigenvalue weighted by atomic mass is 19.3. The van der Waals surface area contributed by atoms with Crippen LogP contribution >= 0.6 is 0 Å². The van der Waals surface area contributed by atoms with E-state index in [1.54, 1.807) is 29.3 Å². The van der Waals surface area contributed by atoms with E-state index in [0.717, 1.165) is 29.4 Å². The number of pyridine rings is 1. The van der Waals surface area contributed by atoms with Crippen LogP contribution in [-0.2, 0) is 0 Å². The summed E-state index contributed by atoms with van der Waals surface area (Å²) in [6, 6.07) is 9.15. The van der Waals surface area contributed by atoms with E-state index in [-0.39, 0.29) is 23.3 Å². The van der Waals surface area contributed by atoms with Gasteiger partial charge in [-0.15, -0.1) is 5.10 Å². The van der Waals surface area contributed by atoms with Crippen molar-refractivity contribution in [2.45, 2.75) is 58.3 Å². The van der Waals surface area contributed by atoms with Crippen molar-refractivity contribution in [1.29, 1.82) is 5.26 Å². The predicted octanol–water partition coefficient (Wildman–Crippen LogP) is 5.04. The number of rotatable bonds is 6. The molecule has 0 unspecified atom stereocenters. The van der Waals surface area contributed by atoms with Crippen molar-refractivity contribution in [3.05, 3.63) is 54.2 Å². The van der Waals surface area contributed by atoms with Crippen molar-refractivity contribution in [2.75, 3.05) is 6.54 Å². The summed E-state index contributed by atoms with van der Waals surface area (Å²) >= 11 is 0. The molecule has 4 heterocycles. The van der Waals surface area contributed by atoms with Gasteiger partial charge in [0.2, 0.25) is 0 Å². The molecule has 1 aromatic carbocycles. The van der Waals surface area contributed by atoms with Crippen molar-refractivity contribution in [2.24, 2.45) is 0 Å². The summed E-state index contributed by atoms with van der Waals surface area (Å²) in [5.74, 6) is 0.267. The van der Waals surface area contributed by atoms with Gasteiger partial charge in [-0.1, -0.05) is 11.3 Å². The second-order valence-electron chi connectivity index (χ2n) is 9.07. The number of benzene rings is 1. The standard InChI is InChI=1S/C25H26F2N8O/c1-15-10-19(7-9-33(15)13-28)35-16(2)23(31-32-35)18-11-21-24(34(14-30-21)25(26)27)22(12-18)36-17(3)20-6-4-5-8-29-20/h4-6,8,11-12,14-15,17,19,25H,7,9-10H2,1-3H3/t15-,17+,19+/m0/s1. The molecule has 1 saturated heterocycles. The van der Waals surface area contributed by atoms with Crippen LogP contribution in [0.2, 0.25) is 0 Å². The van der Waals surface area contributed by atoms with E-state index in [0.29, 0.717) is 29.0 Å². The average molecular weight is 493 g/mol. The molecule has 1 aliphatic heterocycles. The summed E-state index contributed by atoms with van der Waals surface area (Å²) in [6.45, 7) is 3.69. The first kappa shape index (κ1) is 23.7. The Hall–Kier alpha value is -4.07. The monoisotopic (exact) mass is 492 g/mol. The van der Waals surface area contributed by atoms with E-state index in [1.807, 2.05) is 37.6 Å². The molecule has 9 nitrogen and oxygen atoms in total. The van der Waals surface area contributed by atoms with E-state index in [1.165, 1.54) is 0 Å². The quantitative estimate of drug-likeness (QED) is 0.348. The van der Waals surface area contributed by atoms with Crippen molar-refractivity contribution in [1.82, 2.24) is 34.4 Å². The molecule has 36 heavy (non-hydrogen) atoms. The number of fused-ring (bicyclic) bond motifs is 1. The maximum absolute atomic E-state index is 13.8. The number of halogens is 2. The first-order valence-corrected chi connectivity index (χ1v) is 11.8. The second-order valence-corrected chi connectivity index (χ2v) is 9.07. The van der Waals surface area contributed by atoms with Crippen molar-refractivity contribution >= 4 is 11.0 Å². The van der Waals surface area contributed by atoms with Crippen LogP contribution in [0.3, 0.4) is 0 Å². The molecule has 0 N–H and O–H groups in total. The molecule has 1 fully saturated rings. The van der Waals surface area contributed by atoms with Gasteiger partial charge in [0, 0.05) is 24.3 Å². The average Bonchev–Trinajstić information content (AvgIpc) is 3.48. The van der Waals surface area contributed by atoms with Gasteiger partial charge < -0.3 is 9.64 Å². The van der Waals surface area contributed by atoms with Gasteiger partial charge in [-0.05, 0) is 57.9 Å². The number of hydrogen-bond donors (Lipinski definition) is 0.